The minimum Gasteiger partial charge on any atom is -0.281 e. The van der Waals surface area contributed by atoms with Gasteiger partial charge in [0.15, 0.2) is 5.69 Å². The molecule has 0 bridgehead atoms. The van der Waals surface area contributed by atoms with Crippen LogP contribution in [0.1, 0.15) is 24.7 Å². The smallest absolute Gasteiger partial charge is 0.162 e. The Balaban J connectivity index is 2.71. The van der Waals surface area contributed by atoms with Gasteiger partial charge in [-0.1, -0.05) is 13.3 Å². The summed E-state index contributed by atoms with van der Waals surface area (Å²) in [7, 11) is 0. The zero-order chi connectivity index (χ0) is 7.40. The molecule has 3 heteroatoms. The molecule has 0 aliphatic carbocycles. The zero-order valence-electron chi connectivity index (χ0n) is 5.89. The standard InChI is InChI=1S/C7H9N3/c1-2-3-6-4-7(5-8)10-9-6/h4H,2-3H2,1H3,(H,9,10). The number of nitrogens with zero attached hydrogens (tertiary/aromatic N) is 2. The minimum absolute atomic E-state index is 0.475. The molecule has 0 saturated heterocycles. The average molecular weight is 135 g/mol. The predicted octanol–water partition coefficient (Wildman–Crippen LogP) is 1.23. The number of aromatic amines is 1. The Bertz CT molecular complexity index is 244. The van der Waals surface area contributed by atoms with E-state index >= 15 is 0 Å². The van der Waals surface area contributed by atoms with Crippen molar-refractivity contribution < 1.29 is 0 Å². The summed E-state index contributed by atoms with van der Waals surface area (Å²) in [5.41, 5.74) is 1.52. The van der Waals surface area contributed by atoms with Crippen LogP contribution in [0.3, 0.4) is 0 Å². The number of hydrogen-bond donors (Lipinski definition) is 1. The molecule has 0 aromatic carbocycles. The van der Waals surface area contributed by atoms with Crippen LogP contribution in [0.5, 0.6) is 0 Å². The van der Waals surface area contributed by atoms with Crippen LogP contribution in [-0.4, -0.2) is 10.2 Å². The van der Waals surface area contributed by atoms with Crippen molar-refractivity contribution in [2.75, 3.05) is 0 Å². The van der Waals surface area contributed by atoms with E-state index in [1.165, 1.54) is 0 Å². The van der Waals surface area contributed by atoms with Crippen molar-refractivity contribution >= 4 is 0 Å². The van der Waals surface area contributed by atoms with Gasteiger partial charge in [0.1, 0.15) is 6.07 Å². The van der Waals surface area contributed by atoms with Gasteiger partial charge in [-0.25, -0.2) is 0 Å². The van der Waals surface area contributed by atoms with Crippen LogP contribution in [0.2, 0.25) is 0 Å². The van der Waals surface area contributed by atoms with Crippen molar-refractivity contribution in [3.05, 3.63) is 17.5 Å². The molecule has 1 aromatic rings. The monoisotopic (exact) mass is 135 g/mol. The van der Waals surface area contributed by atoms with Crippen molar-refractivity contribution in [3.63, 3.8) is 0 Å². The van der Waals surface area contributed by atoms with E-state index in [2.05, 4.69) is 17.1 Å². The minimum atomic E-state index is 0.475. The van der Waals surface area contributed by atoms with Crippen molar-refractivity contribution in [2.24, 2.45) is 0 Å². The Morgan fingerprint density at radius 3 is 3.10 bits per heavy atom. The van der Waals surface area contributed by atoms with E-state index in [9.17, 15) is 0 Å². The SMILES string of the molecule is CCCc1cc(C#N)n[nH]1. The Morgan fingerprint density at radius 1 is 1.80 bits per heavy atom. The third-order valence-electron chi connectivity index (χ3n) is 1.26. The first-order valence-corrected chi connectivity index (χ1v) is 3.31. The highest BCUT2D eigenvalue weighted by molar-refractivity contribution is 5.21. The Kier molecular flexibility index (Phi) is 2.06. The fourth-order valence-electron chi connectivity index (χ4n) is 0.816. The van der Waals surface area contributed by atoms with Gasteiger partial charge in [0, 0.05) is 5.69 Å². The van der Waals surface area contributed by atoms with Gasteiger partial charge in [-0.3, -0.25) is 5.10 Å². The molecule has 0 saturated carbocycles. The first-order chi connectivity index (χ1) is 4.86. The third kappa shape index (κ3) is 1.35. The van der Waals surface area contributed by atoms with Crippen LogP contribution in [0.25, 0.3) is 0 Å². The van der Waals surface area contributed by atoms with Crippen LogP contribution in [0, 0.1) is 11.3 Å². The summed E-state index contributed by atoms with van der Waals surface area (Å²) >= 11 is 0. The van der Waals surface area contributed by atoms with E-state index in [4.69, 9.17) is 5.26 Å². The molecular weight excluding hydrogens is 126 g/mol. The van der Waals surface area contributed by atoms with E-state index in [1.807, 2.05) is 6.07 Å². The van der Waals surface area contributed by atoms with Crippen LogP contribution in [0.15, 0.2) is 6.07 Å². The maximum absolute atomic E-state index is 8.39. The Morgan fingerprint density at radius 2 is 2.60 bits per heavy atom. The topological polar surface area (TPSA) is 52.5 Å². The van der Waals surface area contributed by atoms with Gasteiger partial charge in [-0.15, -0.1) is 0 Å². The molecule has 0 aliphatic rings. The van der Waals surface area contributed by atoms with Crippen molar-refractivity contribution in [1.29, 1.82) is 5.26 Å². The number of nitrogens with one attached hydrogen (secondary N) is 1. The lowest BCUT2D eigenvalue weighted by Crippen LogP contribution is -1.80. The summed E-state index contributed by atoms with van der Waals surface area (Å²) in [6.45, 7) is 2.09. The Hall–Kier alpha value is -1.30. The lowest BCUT2D eigenvalue weighted by molar-refractivity contribution is 0.866. The van der Waals surface area contributed by atoms with Gasteiger partial charge >= 0.3 is 0 Å². The second kappa shape index (κ2) is 3.02. The van der Waals surface area contributed by atoms with Crippen LogP contribution < -0.4 is 0 Å². The number of aromatic nitrogens is 2. The first kappa shape index (κ1) is 6.81. The molecule has 52 valence electrons. The number of H-pyrrole nitrogens is 1. The zero-order valence-corrected chi connectivity index (χ0v) is 5.89. The van der Waals surface area contributed by atoms with Gasteiger partial charge in [-0.2, -0.15) is 10.4 Å². The molecule has 0 aliphatic heterocycles. The molecule has 0 radical (unpaired) electrons. The van der Waals surface area contributed by atoms with E-state index in [0.29, 0.717) is 5.69 Å². The number of nitriles is 1. The molecule has 1 heterocycles. The second-order valence-corrected chi connectivity index (χ2v) is 2.14. The summed E-state index contributed by atoms with van der Waals surface area (Å²) in [5.74, 6) is 0. The first-order valence-electron chi connectivity index (χ1n) is 3.31. The van der Waals surface area contributed by atoms with Gasteiger partial charge in [0.05, 0.1) is 0 Å². The molecule has 10 heavy (non-hydrogen) atoms. The number of hydrogen-bond acceptors (Lipinski definition) is 2. The van der Waals surface area contributed by atoms with Gasteiger partial charge < -0.3 is 0 Å². The predicted molar refractivity (Wildman–Crippen MR) is 37.3 cm³/mol. The lowest BCUT2D eigenvalue weighted by Gasteiger charge is -1.86. The van der Waals surface area contributed by atoms with Crippen LogP contribution in [-0.2, 0) is 6.42 Å². The highest BCUT2D eigenvalue weighted by Crippen LogP contribution is 2.00. The van der Waals surface area contributed by atoms with Gasteiger partial charge in [0.25, 0.3) is 0 Å². The van der Waals surface area contributed by atoms with Gasteiger partial charge in [0.2, 0.25) is 0 Å². The summed E-state index contributed by atoms with van der Waals surface area (Å²) < 4.78 is 0. The second-order valence-electron chi connectivity index (χ2n) is 2.14. The highest BCUT2D eigenvalue weighted by Gasteiger charge is 1.96. The normalized spacial score (nSPS) is 9.20. The lowest BCUT2D eigenvalue weighted by atomic mass is 10.2. The van der Waals surface area contributed by atoms with Crippen LogP contribution in [0.4, 0.5) is 0 Å². The van der Waals surface area contributed by atoms with E-state index in [-0.39, 0.29) is 0 Å². The van der Waals surface area contributed by atoms with Crippen molar-refractivity contribution in [2.45, 2.75) is 19.8 Å². The largest absolute Gasteiger partial charge is 0.281 e. The van der Waals surface area contributed by atoms with E-state index in [1.54, 1.807) is 6.07 Å². The molecule has 0 fully saturated rings. The third-order valence-corrected chi connectivity index (χ3v) is 1.26. The van der Waals surface area contributed by atoms with Gasteiger partial charge in [-0.05, 0) is 12.5 Å². The number of aryl methyl sites for hydroxylation is 1. The maximum Gasteiger partial charge on any atom is 0.162 e. The molecule has 0 atom stereocenters. The molecule has 3 nitrogen and oxygen atoms in total. The fraction of sp³-hybridized carbons (Fsp3) is 0.429. The molecule has 1 N–H and O–H groups in total. The molecule has 1 rings (SSSR count). The summed E-state index contributed by atoms with van der Waals surface area (Å²) in [5, 5.41) is 14.9. The summed E-state index contributed by atoms with van der Waals surface area (Å²) in [6.07, 6.45) is 2.04. The molecule has 0 amide bonds. The fourth-order valence-corrected chi connectivity index (χ4v) is 0.816. The maximum atomic E-state index is 8.39. The highest BCUT2D eigenvalue weighted by atomic mass is 15.1. The van der Waals surface area contributed by atoms with Crippen molar-refractivity contribution in [1.82, 2.24) is 10.2 Å². The van der Waals surface area contributed by atoms with Crippen LogP contribution >= 0.6 is 0 Å². The summed E-state index contributed by atoms with van der Waals surface area (Å²) in [4.78, 5) is 0. The molecule has 0 unspecified atom stereocenters. The van der Waals surface area contributed by atoms with Crippen molar-refractivity contribution in [3.8, 4) is 6.07 Å². The molecule has 1 aromatic heterocycles. The molecule has 0 spiro atoms. The van der Waals surface area contributed by atoms with E-state index < -0.39 is 0 Å². The van der Waals surface area contributed by atoms with E-state index in [0.717, 1.165) is 18.5 Å². The Labute approximate surface area is 59.7 Å². The summed E-state index contributed by atoms with van der Waals surface area (Å²) in [6, 6.07) is 3.74. The average Bonchev–Trinajstić information content (AvgIpc) is 2.37. The molecular formula is C7H9N3. The number of rotatable bonds is 2. The quantitative estimate of drug-likeness (QED) is 0.663.